The first-order valence-corrected chi connectivity index (χ1v) is 6.85. The van der Waals surface area contributed by atoms with Crippen LogP contribution in [0.3, 0.4) is 0 Å². The molecule has 0 atom stereocenters. The maximum atomic E-state index is 5.53. The van der Waals surface area contributed by atoms with Crippen LogP contribution in [-0.2, 0) is 19.3 Å². The Hall–Kier alpha value is -1.19. The smallest absolute Gasteiger partial charge is 0.0897 e. The third kappa shape index (κ3) is 3.65. The van der Waals surface area contributed by atoms with Gasteiger partial charge in [0.2, 0.25) is 0 Å². The molecule has 0 spiro atoms. The summed E-state index contributed by atoms with van der Waals surface area (Å²) in [6.07, 6.45) is 3.05. The van der Waals surface area contributed by atoms with Gasteiger partial charge in [0.25, 0.3) is 0 Å². The highest BCUT2D eigenvalue weighted by Gasteiger charge is 2.00. The molecule has 0 fully saturated rings. The van der Waals surface area contributed by atoms with Gasteiger partial charge in [-0.25, -0.2) is 4.98 Å². The van der Waals surface area contributed by atoms with Crippen LogP contribution >= 0.6 is 11.3 Å². The van der Waals surface area contributed by atoms with E-state index in [2.05, 4.69) is 41.6 Å². The van der Waals surface area contributed by atoms with E-state index < -0.39 is 0 Å². The second kappa shape index (κ2) is 5.94. The van der Waals surface area contributed by atoms with Crippen LogP contribution in [0.25, 0.3) is 0 Å². The highest BCUT2D eigenvalue weighted by atomic mass is 32.1. The van der Waals surface area contributed by atoms with Crippen LogP contribution in [0.4, 0.5) is 0 Å². The molecular formula is C14H18N2S. The van der Waals surface area contributed by atoms with Crippen molar-refractivity contribution in [3.05, 3.63) is 51.5 Å². The molecular weight excluding hydrogens is 228 g/mol. The number of nitrogens with zero attached hydrogens (tertiary/aromatic N) is 1. The Kier molecular flexibility index (Phi) is 4.29. The standard InChI is InChI=1S/C14H18N2S/c1-11-16-14(10-17-11)7-6-12-2-4-13(5-3-12)8-9-15/h2-5,10H,6-9,15H2,1H3. The Balaban J connectivity index is 1.90. The first-order chi connectivity index (χ1) is 8.28. The molecule has 2 nitrogen and oxygen atoms in total. The molecule has 0 unspecified atom stereocenters. The van der Waals surface area contributed by atoms with Gasteiger partial charge in [-0.1, -0.05) is 24.3 Å². The molecule has 2 aromatic rings. The molecule has 90 valence electrons. The molecule has 1 heterocycles. The van der Waals surface area contributed by atoms with E-state index in [0.717, 1.165) is 30.8 Å². The minimum atomic E-state index is 0.720. The molecule has 17 heavy (non-hydrogen) atoms. The van der Waals surface area contributed by atoms with E-state index >= 15 is 0 Å². The monoisotopic (exact) mass is 246 g/mol. The molecule has 0 aliphatic rings. The maximum Gasteiger partial charge on any atom is 0.0897 e. The van der Waals surface area contributed by atoms with E-state index in [1.807, 2.05) is 0 Å². The summed E-state index contributed by atoms with van der Waals surface area (Å²) < 4.78 is 0. The van der Waals surface area contributed by atoms with E-state index in [4.69, 9.17) is 5.73 Å². The first kappa shape index (κ1) is 12.3. The van der Waals surface area contributed by atoms with Crippen LogP contribution in [-0.4, -0.2) is 11.5 Å². The third-order valence-electron chi connectivity index (χ3n) is 2.79. The quantitative estimate of drug-likeness (QED) is 0.881. The highest BCUT2D eigenvalue weighted by Crippen LogP contribution is 2.12. The molecule has 0 aliphatic heterocycles. The zero-order chi connectivity index (χ0) is 12.1. The first-order valence-electron chi connectivity index (χ1n) is 5.97. The highest BCUT2D eigenvalue weighted by molar-refractivity contribution is 7.09. The number of hydrogen-bond acceptors (Lipinski definition) is 3. The van der Waals surface area contributed by atoms with E-state index in [0.29, 0.717) is 0 Å². The van der Waals surface area contributed by atoms with Crippen molar-refractivity contribution in [2.75, 3.05) is 6.54 Å². The number of aromatic nitrogens is 1. The normalized spacial score (nSPS) is 10.7. The third-order valence-corrected chi connectivity index (χ3v) is 3.61. The van der Waals surface area contributed by atoms with Gasteiger partial charge in [0.1, 0.15) is 0 Å². The van der Waals surface area contributed by atoms with Gasteiger partial charge in [0.05, 0.1) is 10.7 Å². The van der Waals surface area contributed by atoms with E-state index in [9.17, 15) is 0 Å². The largest absolute Gasteiger partial charge is 0.330 e. The van der Waals surface area contributed by atoms with Crippen molar-refractivity contribution >= 4 is 11.3 Å². The van der Waals surface area contributed by atoms with Crippen molar-refractivity contribution < 1.29 is 0 Å². The molecule has 1 aromatic carbocycles. The molecule has 3 heteroatoms. The summed E-state index contributed by atoms with van der Waals surface area (Å²) in [5.74, 6) is 0. The lowest BCUT2D eigenvalue weighted by atomic mass is 10.1. The second-order valence-corrected chi connectivity index (χ2v) is 5.28. The summed E-state index contributed by atoms with van der Waals surface area (Å²) in [6, 6.07) is 8.75. The van der Waals surface area contributed by atoms with E-state index in [1.54, 1.807) is 11.3 Å². The van der Waals surface area contributed by atoms with Crippen LogP contribution < -0.4 is 5.73 Å². The second-order valence-electron chi connectivity index (χ2n) is 4.21. The fourth-order valence-corrected chi connectivity index (χ4v) is 2.48. The molecule has 0 saturated carbocycles. The van der Waals surface area contributed by atoms with Gasteiger partial charge in [-0.15, -0.1) is 11.3 Å². The van der Waals surface area contributed by atoms with Crippen molar-refractivity contribution in [1.29, 1.82) is 0 Å². The van der Waals surface area contributed by atoms with Gasteiger partial charge < -0.3 is 5.73 Å². The van der Waals surface area contributed by atoms with Gasteiger partial charge in [-0.3, -0.25) is 0 Å². The number of benzene rings is 1. The number of hydrogen-bond donors (Lipinski definition) is 1. The van der Waals surface area contributed by atoms with Crippen LogP contribution in [0.1, 0.15) is 21.8 Å². The Morgan fingerprint density at radius 3 is 2.24 bits per heavy atom. The Bertz CT molecular complexity index is 459. The van der Waals surface area contributed by atoms with E-state index in [-0.39, 0.29) is 0 Å². The number of nitrogens with two attached hydrogens (primary N) is 1. The van der Waals surface area contributed by atoms with Crippen molar-refractivity contribution in [2.45, 2.75) is 26.2 Å². The van der Waals surface area contributed by atoms with Crippen LogP contribution in [0.2, 0.25) is 0 Å². The van der Waals surface area contributed by atoms with Crippen molar-refractivity contribution in [3.63, 3.8) is 0 Å². The average Bonchev–Trinajstić information content (AvgIpc) is 2.75. The van der Waals surface area contributed by atoms with Gasteiger partial charge in [0, 0.05) is 5.38 Å². The zero-order valence-corrected chi connectivity index (χ0v) is 11.0. The number of aryl methyl sites for hydroxylation is 3. The predicted octanol–water partition coefficient (Wildman–Crippen LogP) is 2.74. The lowest BCUT2D eigenvalue weighted by molar-refractivity contribution is 0.914. The average molecular weight is 246 g/mol. The molecule has 0 aliphatic carbocycles. The zero-order valence-electron chi connectivity index (χ0n) is 10.1. The lowest BCUT2D eigenvalue weighted by Gasteiger charge is -2.02. The molecule has 1 aromatic heterocycles. The SMILES string of the molecule is Cc1nc(CCc2ccc(CCN)cc2)cs1. The molecule has 0 bridgehead atoms. The summed E-state index contributed by atoms with van der Waals surface area (Å²) in [5, 5.41) is 3.30. The van der Waals surface area contributed by atoms with Gasteiger partial charge in [-0.05, 0) is 43.9 Å². The fourth-order valence-electron chi connectivity index (χ4n) is 1.83. The van der Waals surface area contributed by atoms with Gasteiger partial charge >= 0.3 is 0 Å². The summed E-state index contributed by atoms with van der Waals surface area (Å²) in [5.41, 5.74) is 9.43. The molecule has 0 radical (unpaired) electrons. The molecule has 2 N–H and O–H groups in total. The van der Waals surface area contributed by atoms with Crippen LogP contribution in [0.5, 0.6) is 0 Å². The summed E-state index contributed by atoms with van der Waals surface area (Å²) in [7, 11) is 0. The van der Waals surface area contributed by atoms with Crippen molar-refractivity contribution in [3.8, 4) is 0 Å². The Labute approximate surface area is 107 Å². The minimum absolute atomic E-state index is 0.720. The Morgan fingerprint density at radius 2 is 1.71 bits per heavy atom. The maximum absolute atomic E-state index is 5.53. The molecule has 0 amide bonds. The van der Waals surface area contributed by atoms with Gasteiger partial charge in [0.15, 0.2) is 0 Å². The van der Waals surface area contributed by atoms with Crippen molar-refractivity contribution in [1.82, 2.24) is 4.98 Å². The summed E-state index contributed by atoms with van der Waals surface area (Å²) >= 11 is 1.72. The molecule has 0 saturated heterocycles. The van der Waals surface area contributed by atoms with Gasteiger partial charge in [-0.2, -0.15) is 0 Å². The summed E-state index contributed by atoms with van der Waals surface area (Å²) in [6.45, 7) is 2.77. The number of rotatable bonds is 5. The predicted molar refractivity (Wildman–Crippen MR) is 73.5 cm³/mol. The lowest BCUT2D eigenvalue weighted by Crippen LogP contribution is -2.02. The Morgan fingerprint density at radius 1 is 1.06 bits per heavy atom. The number of thiazole rings is 1. The fraction of sp³-hybridized carbons (Fsp3) is 0.357. The van der Waals surface area contributed by atoms with E-state index in [1.165, 1.54) is 16.8 Å². The summed E-state index contributed by atoms with van der Waals surface area (Å²) in [4.78, 5) is 4.47. The van der Waals surface area contributed by atoms with Crippen molar-refractivity contribution in [2.24, 2.45) is 5.73 Å². The topological polar surface area (TPSA) is 38.9 Å². The van der Waals surface area contributed by atoms with Crippen LogP contribution in [0, 0.1) is 6.92 Å². The van der Waals surface area contributed by atoms with Crippen LogP contribution in [0.15, 0.2) is 29.6 Å². The molecule has 2 rings (SSSR count). The minimum Gasteiger partial charge on any atom is -0.330 e.